The lowest BCUT2D eigenvalue weighted by molar-refractivity contribution is -0.147. The maximum Gasteiger partial charge on any atom is 0.328 e. The van der Waals surface area contributed by atoms with Crippen molar-refractivity contribution in [3.05, 3.63) is 35.9 Å². The van der Waals surface area contributed by atoms with Crippen molar-refractivity contribution in [2.24, 2.45) is 0 Å². The number of nitrogens with one attached hydrogen (secondary N) is 2. The fourth-order valence-corrected chi connectivity index (χ4v) is 2.04. The van der Waals surface area contributed by atoms with Crippen molar-refractivity contribution in [3.63, 3.8) is 0 Å². The highest BCUT2D eigenvalue weighted by atomic mass is 16.5. The van der Waals surface area contributed by atoms with E-state index < -0.39 is 24.0 Å². The van der Waals surface area contributed by atoms with Crippen LogP contribution in [0, 0.1) is 0 Å². The molecule has 0 aliphatic rings. The molecule has 1 aromatic carbocycles. The number of aliphatic hydroxyl groups excluding tert-OH is 1. The topological polar surface area (TPSA) is 105 Å². The number of benzene rings is 1. The summed E-state index contributed by atoms with van der Waals surface area (Å²) in [6.07, 6.45) is 0.660. The first kappa shape index (κ1) is 19.6. The van der Waals surface area contributed by atoms with Crippen LogP contribution in [0.25, 0.3) is 0 Å². The monoisotopic (exact) mass is 336 g/mol. The predicted molar refractivity (Wildman–Crippen MR) is 88.0 cm³/mol. The molecule has 7 heteroatoms. The Balaban J connectivity index is 2.63. The Kier molecular flexibility index (Phi) is 8.49. The number of carbonyl (C=O) groups excluding carboxylic acids is 3. The Morgan fingerprint density at radius 3 is 2.42 bits per heavy atom. The highest BCUT2D eigenvalue weighted by molar-refractivity contribution is 5.90. The third-order valence-electron chi connectivity index (χ3n) is 3.24. The number of esters is 1. The van der Waals surface area contributed by atoms with E-state index in [0.29, 0.717) is 12.8 Å². The first-order valence-electron chi connectivity index (χ1n) is 7.83. The van der Waals surface area contributed by atoms with Gasteiger partial charge in [0.2, 0.25) is 11.8 Å². The van der Waals surface area contributed by atoms with E-state index in [2.05, 4.69) is 10.6 Å². The number of amides is 2. The maximum atomic E-state index is 12.4. The van der Waals surface area contributed by atoms with Crippen molar-refractivity contribution in [2.45, 2.75) is 38.8 Å². The Bertz CT molecular complexity index is 547. The highest BCUT2D eigenvalue weighted by Gasteiger charge is 2.24. The number of aliphatic hydroxyl groups is 1. The lowest BCUT2D eigenvalue weighted by Crippen LogP contribution is -2.51. The van der Waals surface area contributed by atoms with Gasteiger partial charge in [-0.25, -0.2) is 4.79 Å². The average molecular weight is 336 g/mol. The molecule has 0 saturated heterocycles. The SMILES string of the molecule is CC(=O)N[C@@H](Cc1ccccc1)C(=O)N[C@@H](C)C(=O)OCCCO. The molecule has 0 aromatic heterocycles. The molecular weight excluding hydrogens is 312 g/mol. The molecule has 2 amide bonds. The van der Waals surface area contributed by atoms with Crippen LogP contribution in [0.4, 0.5) is 0 Å². The molecule has 2 atom stereocenters. The fourth-order valence-electron chi connectivity index (χ4n) is 2.04. The fraction of sp³-hybridized carbons (Fsp3) is 0.471. The third kappa shape index (κ3) is 7.23. The normalized spacial score (nSPS) is 12.8. The van der Waals surface area contributed by atoms with Crippen LogP contribution in [-0.4, -0.2) is 48.2 Å². The quantitative estimate of drug-likeness (QED) is 0.440. The molecule has 0 bridgehead atoms. The molecule has 0 unspecified atom stereocenters. The molecule has 1 rings (SSSR count). The van der Waals surface area contributed by atoms with Gasteiger partial charge in [-0.3, -0.25) is 9.59 Å². The van der Waals surface area contributed by atoms with Gasteiger partial charge in [-0.1, -0.05) is 30.3 Å². The van der Waals surface area contributed by atoms with Crippen molar-refractivity contribution in [3.8, 4) is 0 Å². The zero-order valence-electron chi connectivity index (χ0n) is 14.0. The lowest BCUT2D eigenvalue weighted by Gasteiger charge is -2.20. The van der Waals surface area contributed by atoms with Crippen molar-refractivity contribution in [2.75, 3.05) is 13.2 Å². The van der Waals surface area contributed by atoms with Gasteiger partial charge in [-0.2, -0.15) is 0 Å². The molecule has 0 fully saturated rings. The van der Waals surface area contributed by atoms with E-state index in [4.69, 9.17) is 9.84 Å². The van der Waals surface area contributed by atoms with Crippen LogP contribution in [0.1, 0.15) is 25.8 Å². The second kappa shape index (κ2) is 10.4. The van der Waals surface area contributed by atoms with Gasteiger partial charge in [0, 0.05) is 26.4 Å². The first-order chi connectivity index (χ1) is 11.4. The van der Waals surface area contributed by atoms with Gasteiger partial charge < -0.3 is 20.5 Å². The Morgan fingerprint density at radius 1 is 1.17 bits per heavy atom. The van der Waals surface area contributed by atoms with E-state index in [1.165, 1.54) is 13.8 Å². The number of carbonyl (C=O) groups is 3. The number of ether oxygens (including phenoxy) is 1. The molecule has 1 aromatic rings. The number of hydrogen-bond donors (Lipinski definition) is 3. The lowest BCUT2D eigenvalue weighted by atomic mass is 10.0. The zero-order valence-corrected chi connectivity index (χ0v) is 14.0. The van der Waals surface area contributed by atoms with Gasteiger partial charge in [-0.15, -0.1) is 0 Å². The summed E-state index contributed by atoms with van der Waals surface area (Å²) in [5.41, 5.74) is 0.893. The minimum Gasteiger partial charge on any atom is -0.464 e. The minimum atomic E-state index is -0.844. The van der Waals surface area contributed by atoms with Crippen molar-refractivity contribution in [1.29, 1.82) is 0 Å². The Morgan fingerprint density at radius 2 is 1.83 bits per heavy atom. The summed E-state index contributed by atoms with van der Waals surface area (Å²) >= 11 is 0. The van der Waals surface area contributed by atoms with Crippen LogP contribution in [0.5, 0.6) is 0 Å². The summed E-state index contributed by atoms with van der Waals surface area (Å²) in [6.45, 7) is 2.86. The largest absolute Gasteiger partial charge is 0.464 e. The summed E-state index contributed by atoms with van der Waals surface area (Å²) in [7, 11) is 0. The number of hydrogen-bond acceptors (Lipinski definition) is 5. The molecule has 0 aliphatic carbocycles. The molecule has 0 spiro atoms. The van der Waals surface area contributed by atoms with Crippen molar-refractivity contribution in [1.82, 2.24) is 10.6 Å². The van der Waals surface area contributed by atoms with E-state index in [1.54, 1.807) is 0 Å². The van der Waals surface area contributed by atoms with E-state index in [-0.39, 0.29) is 19.1 Å². The van der Waals surface area contributed by atoms with Crippen molar-refractivity contribution < 1.29 is 24.2 Å². The molecule has 0 saturated carbocycles. The molecule has 0 radical (unpaired) electrons. The van der Waals surface area contributed by atoms with Crippen LogP contribution in [0.15, 0.2) is 30.3 Å². The van der Waals surface area contributed by atoms with Gasteiger partial charge >= 0.3 is 5.97 Å². The van der Waals surface area contributed by atoms with Gasteiger partial charge in [0.05, 0.1) is 6.61 Å². The molecule has 0 aliphatic heterocycles. The van der Waals surface area contributed by atoms with Crippen LogP contribution < -0.4 is 10.6 Å². The minimum absolute atomic E-state index is 0.0737. The zero-order chi connectivity index (χ0) is 17.9. The van der Waals surface area contributed by atoms with E-state index >= 15 is 0 Å². The first-order valence-corrected chi connectivity index (χ1v) is 7.83. The number of rotatable bonds is 9. The third-order valence-corrected chi connectivity index (χ3v) is 3.24. The van der Waals surface area contributed by atoms with Gasteiger partial charge in [0.1, 0.15) is 12.1 Å². The van der Waals surface area contributed by atoms with E-state index in [9.17, 15) is 14.4 Å². The maximum absolute atomic E-state index is 12.4. The molecule has 3 N–H and O–H groups in total. The van der Waals surface area contributed by atoms with Crippen LogP contribution in [0.3, 0.4) is 0 Å². The summed E-state index contributed by atoms with van der Waals surface area (Å²) in [5, 5.41) is 13.8. The average Bonchev–Trinajstić information content (AvgIpc) is 2.54. The highest BCUT2D eigenvalue weighted by Crippen LogP contribution is 2.04. The van der Waals surface area contributed by atoms with Crippen LogP contribution >= 0.6 is 0 Å². The van der Waals surface area contributed by atoms with Crippen LogP contribution in [0.2, 0.25) is 0 Å². The van der Waals surface area contributed by atoms with E-state index in [0.717, 1.165) is 5.56 Å². The van der Waals surface area contributed by atoms with Gasteiger partial charge in [-0.05, 0) is 12.5 Å². The molecule has 0 heterocycles. The predicted octanol–water partition coefficient (Wildman–Crippen LogP) is 0.164. The summed E-state index contributed by atoms with van der Waals surface area (Å²) in [6, 6.07) is 7.64. The summed E-state index contributed by atoms with van der Waals surface area (Å²) < 4.78 is 4.92. The van der Waals surface area contributed by atoms with Crippen molar-refractivity contribution >= 4 is 17.8 Å². The van der Waals surface area contributed by atoms with Gasteiger partial charge in [0.25, 0.3) is 0 Å². The molecule has 7 nitrogen and oxygen atoms in total. The molecule has 24 heavy (non-hydrogen) atoms. The standard InChI is InChI=1S/C17H24N2O5/c1-12(17(23)24-10-6-9-20)18-16(22)15(19-13(2)21)11-14-7-4-3-5-8-14/h3-5,7-8,12,15,20H,6,9-11H2,1-2H3,(H,18,22)(H,19,21)/t12-,15-/m0/s1. The second-order valence-corrected chi connectivity index (χ2v) is 5.42. The van der Waals surface area contributed by atoms with Crippen LogP contribution in [-0.2, 0) is 25.5 Å². The second-order valence-electron chi connectivity index (χ2n) is 5.42. The Hall–Kier alpha value is -2.41. The Labute approximate surface area is 141 Å². The smallest absolute Gasteiger partial charge is 0.328 e. The van der Waals surface area contributed by atoms with E-state index in [1.807, 2.05) is 30.3 Å². The summed E-state index contributed by atoms with van der Waals surface area (Å²) in [4.78, 5) is 35.4. The summed E-state index contributed by atoms with van der Waals surface area (Å²) in [5.74, 6) is -1.37. The molecular formula is C17H24N2O5. The molecule has 132 valence electrons. The van der Waals surface area contributed by atoms with Gasteiger partial charge in [0.15, 0.2) is 0 Å².